The second-order valence-corrected chi connectivity index (χ2v) is 3.19. The molecule has 0 saturated heterocycles. The SMILES string of the molecule is COC1C=CC=C2C(=O)C(C(=O)O)=NN=C21. The minimum absolute atomic E-state index is 0.224. The quantitative estimate of drug-likeness (QED) is 0.707. The highest BCUT2D eigenvalue weighted by molar-refractivity contribution is 6.70. The van der Waals surface area contributed by atoms with Gasteiger partial charge in [-0.15, -0.1) is 5.10 Å². The van der Waals surface area contributed by atoms with E-state index in [1.165, 1.54) is 13.2 Å². The van der Waals surface area contributed by atoms with Crippen molar-refractivity contribution in [2.75, 3.05) is 7.11 Å². The second-order valence-electron chi connectivity index (χ2n) is 3.19. The average Bonchev–Trinajstić information content (AvgIpc) is 2.28. The Morgan fingerprint density at radius 1 is 1.50 bits per heavy atom. The summed E-state index contributed by atoms with van der Waals surface area (Å²) in [6.07, 6.45) is 4.39. The molecule has 0 bridgehead atoms. The van der Waals surface area contributed by atoms with E-state index in [2.05, 4.69) is 10.2 Å². The van der Waals surface area contributed by atoms with Gasteiger partial charge >= 0.3 is 5.97 Å². The maximum absolute atomic E-state index is 11.7. The van der Waals surface area contributed by atoms with Gasteiger partial charge in [0.25, 0.3) is 0 Å². The number of ether oxygens (including phenoxy) is 1. The zero-order valence-electron chi connectivity index (χ0n) is 8.38. The summed E-state index contributed by atoms with van der Waals surface area (Å²) in [6.45, 7) is 0. The summed E-state index contributed by atoms with van der Waals surface area (Å²) in [6, 6.07) is 0. The summed E-state index contributed by atoms with van der Waals surface area (Å²) in [5.74, 6) is -2.01. The Labute approximate surface area is 90.6 Å². The van der Waals surface area contributed by atoms with Gasteiger partial charge in [-0.2, -0.15) is 5.10 Å². The van der Waals surface area contributed by atoms with Gasteiger partial charge in [0.15, 0.2) is 0 Å². The number of hydrogen-bond acceptors (Lipinski definition) is 5. The van der Waals surface area contributed by atoms with Crippen molar-refractivity contribution in [3.05, 3.63) is 23.8 Å². The van der Waals surface area contributed by atoms with Gasteiger partial charge in [0.1, 0.15) is 11.8 Å². The van der Waals surface area contributed by atoms with Crippen LogP contribution in [0.2, 0.25) is 0 Å². The molecule has 16 heavy (non-hydrogen) atoms. The van der Waals surface area contributed by atoms with E-state index in [9.17, 15) is 9.59 Å². The number of ketones is 1. The minimum Gasteiger partial charge on any atom is -0.476 e. The summed E-state index contributed by atoms with van der Waals surface area (Å²) >= 11 is 0. The van der Waals surface area contributed by atoms with Crippen molar-refractivity contribution in [1.29, 1.82) is 0 Å². The Morgan fingerprint density at radius 3 is 2.88 bits per heavy atom. The van der Waals surface area contributed by atoms with E-state index in [0.29, 0.717) is 5.71 Å². The number of carboxylic acid groups (broad SMARTS) is 1. The van der Waals surface area contributed by atoms with Crippen molar-refractivity contribution in [2.24, 2.45) is 10.2 Å². The number of carboxylic acids is 1. The lowest BCUT2D eigenvalue weighted by atomic mass is 9.93. The topological polar surface area (TPSA) is 88.3 Å². The lowest BCUT2D eigenvalue weighted by molar-refractivity contribution is -0.130. The number of nitrogens with zero attached hydrogens (tertiary/aromatic N) is 2. The zero-order chi connectivity index (χ0) is 11.7. The lowest BCUT2D eigenvalue weighted by Crippen LogP contribution is -2.36. The van der Waals surface area contributed by atoms with Crippen LogP contribution in [0.25, 0.3) is 0 Å². The van der Waals surface area contributed by atoms with Gasteiger partial charge in [-0.3, -0.25) is 4.79 Å². The minimum atomic E-state index is -1.38. The highest BCUT2D eigenvalue weighted by Crippen LogP contribution is 2.18. The molecule has 1 N–H and O–H groups in total. The van der Waals surface area contributed by atoms with Gasteiger partial charge in [-0.25, -0.2) is 4.79 Å². The molecular formula is C10H8N2O4. The standard InChI is InChI=1S/C10H8N2O4/c1-16-6-4-2-3-5-7(6)11-12-8(9(5)13)10(14)15/h2-4,6H,1H3,(H,14,15). The molecule has 0 spiro atoms. The fraction of sp³-hybridized carbons (Fsp3) is 0.200. The number of carbonyl (C=O) groups is 2. The molecule has 1 unspecified atom stereocenters. The third-order valence-corrected chi connectivity index (χ3v) is 2.27. The molecule has 1 atom stereocenters. The van der Waals surface area contributed by atoms with Crippen LogP contribution in [0.4, 0.5) is 0 Å². The highest BCUT2D eigenvalue weighted by atomic mass is 16.5. The fourth-order valence-electron chi connectivity index (χ4n) is 1.49. The summed E-state index contributed by atoms with van der Waals surface area (Å²) in [7, 11) is 1.47. The molecule has 0 amide bonds. The second kappa shape index (κ2) is 3.82. The van der Waals surface area contributed by atoms with Crippen LogP contribution in [0.5, 0.6) is 0 Å². The number of allylic oxidation sites excluding steroid dienone is 2. The van der Waals surface area contributed by atoms with Gasteiger partial charge in [0.2, 0.25) is 11.5 Å². The first-order chi connectivity index (χ1) is 7.65. The number of hydrogen-bond donors (Lipinski definition) is 1. The molecule has 6 nitrogen and oxygen atoms in total. The first-order valence-electron chi connectivity index (χ1n) is 4.50. The van der Waals surface area contributed by atoms with Crippen molar-refractivity contribution in [1.82, 2.24) is 0 Å². The highest BCUT2D eigenvalue weighted by Gasteiger charge is 2.33. The summed E-state index contributed by atoms with van der Waals surface area (Å²) < 4.78 is 5.08. The molecular weight excluding hydrogens is 212 g/mol. The van der Waals surface area contributed by atoms with Gasteiger partial charge in [0.05, 0.1) is 5.57 Å². The maximum Gasteiger partial charge on any atom is 0.360 e. The summed E-state index contributed by atoms with van der Waals surface area (Å²) in [5, 5.41) is 15.8. The van der Waals surface area contributed by atoms with E-state index in [1.807, 2.05) is 0 Å². The van der Waals surface area contributed by atoms with Gasteiger partial charge < -0.3 is 9.84 Å². The third kappa shape index (κ3) is 1.49. The molecule has 0 aromatic rings. The van der Waals surface area contributed by atoms with Crippen LogP contribution in [0.15, 0.2) is 34.0 Å². The molecule has 1 aliphatic carbocycles. The smallest absolute Gasteiger partial charge is 0.360 e. The molecule has 6 heteroatoms. The van der Waals surface area contributed by atoms with Crippen LogP contribution >= 0.6 is 0 Å². The van der Waals surface area contributed by atoms with E-state index in [0.717, 1.165) is 0 Å². The predicted octanol–water partition coefficient (Wildman–Crippen LogP) is -0.0381. The average molecular weight is 220 g/mol. The van der Waals surface area contributed by atoms with E-state index in [1.54, 1.807) is 12.2 Å². The normalized spacial score (nSPS) is 23.2. The number of fused-ring (bicyclic) bond motifs is 1. The number of rotatable bonds is 2. The van der Waals surface area contributed by atoms with E-state index in [-0.39, 0.29) is 5.57 Å². The molecule has 0 radical (unpaired) electrons. The van der Waals surface area contributed by atoms with Crippen molar-refractivity contribution >= 4 is 23.2 Å². The molecule has 1 aliphatic heterocycles. The van der Waals surface area contributed by atoms with Crippen LogP contribution in [-0.4, -0.2) is 41.5 Å². The molecule has 0 aromatic carbocycles. The Balaban J connectivity index is 2.47. The van der Waals surface area contributed by atoms with E-state index < -0.39 is 23.6 Å². The Kier molecular flexibility index (Phi) is 2.49. The third-order valence-electron chi connectivity index (χ3n) is 2.27. The van der Waals surface area contributed by atoms with Gasteiger partial charge in [-0.1, -0.05) is 6.08 Å². The van der Waals surface area contributed by atoms with Gasteiger partial charge in [0, 0.05) is 7.11 Å². The predicted molar refractivity (Wildman–Crippen MR) is 55.5 cm³/mol. The molecule has 82 valence electrons. The maximum atomic E-state index is 11.7. The first-order valence-corrected chi connectivity index (χ1v) is 4.50. The largest absolute Gasteiger partial charge is 0.476 e. The molecule has 2 rings (SSSR count). The zero-order valence-corrected chi connectivity index (χ0v) is 8.38. The summed E-state index contributed by atoms with van der Waals surface area (Å²) in [4.78, 5) is 22.4. The van der Waals surface area contributed by atoms with E-state index in [4.69, 9.17) is 9.84 Å². The molecule has 0 saturated carbocycles. The van der Waals surface area contributed by atoms with Crippen molar-refractivity contribution < 1.29 is 19.4 Å². The molecule has 0 aromatic heterocycles. The van der Waals surface area contributed by atoms with Crippen molar-refractivity contribution in [2.45, 2.75) is 6.10 Å². The number of Topliss-reactive ketones (excluding diaryl/α,β-unsaturated/α-hetero) is 1. The Hall–Kier alpha value is -2.08. The first kappa shape index (κ1) is 10.4. The fourth-order valence-corrected chi connectivity index (χ4v) is 1.49. The van der Waals surface area contributed by atoms with Crippen LogP contribution in [0.3, 0.4) is 0 Å². The lowest BCUT2D eigenvalue weighted by Gasteiger charge is -2.20. The molecule has 2 aliphatic rings. The van der Waals surface area contributed by atoms with Gasteiger partial charge in [-0.05, 0) is 12.2 Å². The van der Waals surface area contributed by atoms with Crippen LogP contribution < -0.4 is 0 Å². The molecule has 0 fully saturated rings. The molecule has 1 heterocycles. The number of carbonyl (C=O) groups excluding carboxylic acids is 1. The van der Waals surface area contributed by atoms with Crippen LogP contribution in [0, 0.1) is 0 Å². The number of aliphatic carboxylic acids is 1. The van der Waals surface area contributed by atoms with Crippen LogP contribution in [0.1, 0.15) is 0 Å². The van der Waals surface area contributed by atoms with Crippen molar-refractivity contribution in [3.63, 3.8) is 0 Å². The number of methoxy groups -OCH3 is 1. The Morgan fingerprint density at radius 2 is 2.25 bits per heavy atom. The van der Waals surface area contributed by atoms with Crippen molar-refractivity contribution in [3.8, 4) is 0 Å². The van der Waals surface area contributed by atoms with E-state index >= 15 is 0 Å². The summed E-state index contributed by atoms with van der Waals surface area (Å²) in [5.41, 5.74) is 0.00176. The Bertz CT molecular complexity index is 485. The van der Waals surface area contributed by atoms with Crippen LogP contribution in [-0.2, 0) is 14.3 Å². The monoisotopic (exact) mass is 220 g/mol.